The summed E-state index contributed by atoms with van der Waals surface area (Å²) in [6, 6.07) is 2.03. The smallest absolute Gasteiger partial charge is 0.410 e. The Hall–Kier alpha value is -1.07. The fourth-order valence-corrected chi connectivity index (χ4v) is 3.55. The number of nitrogens with zero attached hydrogens (tertiary/aromatic N) is 1. The molecule has 0 aliphatic carbocycles. The van der Waals surface area contributed by atoms with E-state index in [4.69, 9.17) is 4.74 Å². The van der Waals surface area contributed by atoms with Crippen LogP contribution < -0.4 is 0 Å². The van der Waals surface area contributed by atoms with Crippen LogP contribution in [-0.4, -0.2) is 34.8 Å². The van der Waals surface area contributed by atoms with Crippen molar-refractivity contribution in [2.45, 2.75) is 51.7 Å². The number of rotatable bonds is 1. The molecule has 1 aliphatic rings. The highest BCUT2D eigenvalue weighted by Gasteiger charge is 2.38. The van der Waals surface area contributed by atoms with E-state index in [1.54, 1.807) is 16.2 Å². The Morgan fingerprint density at radius 2 is 2.00 bits per heavy atom. The monoisotopic (exact) mass is 297 g/mol. The lowest BCUT2D eigenvalue weighted by atomic mass is 9.88. The molecule has 0 atom stereocenters. The molecule has 1 aliphatic heterocycles. The van der Waals surface area contributed by atoms with E-state index < -0.39 is 11.2 Å². The van der Waals surface area contributed by atoms with Gasteiger partial charge in [-0.2, -0.15) is 0 Å². The number of amides is 1. The SMILES string of the molecule is Cc1ccsc1C1(O)CCN(C(=O)OC(C)(C)C)CC1. The van der Waals surface area contributed by atoms with Crippen molar-refractivity contribution in [3.05, 3.63) is 21.9 Å². The average Bonchev–Trinajstić information content (AvgIpc) is 2.74. The Balaban J connectivity index is 1.99. The van der Waals surface area contributed by atoms with Crippen LogP contribution in [-0.2, 0) is 10.3 Å². The fourth-order valence-electron chi connectivity index (χ4n) is 2.46. The Morgan fingerprint density at radius 1 is 1.40 bits per heavy atom. The number of carbonyl (C=O) groups excluding carboxylic acids is 1. The van der Waals surface area contributed by atoms with Crippen molar-refractivity contribution < 1.29 is 14.6 Å². The number of ether oxygens (including phenoxy) is 1. The summed E-state index contributed by atoms with van der Waals surface area (Å²) in [5.41, 5.74) is -0.144. The summed E-state index contributed by atoms with van der Waals surface area (Å²) in [6.45, 7) is 8.66. The Morgan fingerprint density at radius 3 is 2.45 bits per heavy atom. The second-order valence-corrected chi connectivity index (χ2v) is 7.35. The number of carbonyl (C=O) groups is 1. The van der Waals surface area contributed by atoms with Crippen LogP contribution in [0.2, 0.25) is 0 Å². The Bertz CT molecular complexity index is 482. The first-order valence-electron chi connectivity index (χ1n) is 6.96. The van der Waals surface area contributed by atoms with Crippen molar-refractivity contribution in [1.82, 2.24) is 4.90 Å². The van der Waals surface area contributed by atoms with Gasteiger partial charge in [0.15, 0.2) is 0 Å². The van der Waals surface area contributed by atoms with E-state index in [-0.39, 0.29) is 6.09 Å². The van der Waals surface area contributed by atoms with Gasteiger partial charge in [-0.3, -0.25) is 0 Å². The molecular formula is C15H23NO3S. The molecule has 0 bridgehead atoms. The van der Waals surface area contributed by atoms with Gasteiger partial charge in [0.25, 0.3) is 0 Å². The van der Waals surface area contributed by atoms with Crippen LogP contribution in [0.25, 0.3) is 0 Å². The zero-order valence-corrected chi connectivity index (χ0v) is 13.4. The third-order valence-electron chi connectivity index (χ3n) is 3.53. The van der Waals surface area contributed by atoms with E-state index in [2.05, 4.69) is 0 Å². The number of hydrogen-bond acceptors (Lipinski definition) is 4. The zero-order valence-electron chi connectivity index (χ0n) is 12.6. The number of aliphatic hydroxyl groups is 1. The largest absolute Gasteiger partial charge is 0.444 e. The van der Waals surface area contributed by atoms with Gasteiger partial charge in [-0.05, 0) is 57.5 Å². The second-order valence-electron chi connectivity index (χ2n) is 6.43. The Kier molecular flexibility index (Phi) is 4.12. The number of aryl methyl sites for hydroxylation is 1. The van der Waals surface area contributed by atoms with Gasteiger partial charge in [0, 0.05) is 18.0 Å². The molecule has 2 heterocycles. The first-order chi connectivity index (χ1) is 9.21. The number of likely N-dealkylation sites (tertiary alicyclic amines) is 1. The van der Waals surface area contributed by atoms with Crippen molar-refractivity contribution in [2.24, 2.45) is 0 Å². The van der Waals surface area contributed by atoms with Crippen LogP contribution in [0.4, 0.5) is 4.79 Å². The van der Waals surface area contributed by atoms with Crippen LogP contribution in [0.3, 0.4) is 0 Å². The minimum absolute atomic E-state index is 0.289. The second kappa shape index (κ2) is 5.37. The van der Waals surface area contributed by atoms with E-state index in [1.165, 1.54) is 0 Å². The lowest BCUT2D eigenvalue weighted by molar-refractivity contribution is -0.0337. The van der Waals surface area contributed by atoms with E-state index >= 15 is 0 Å². The molecule has 0 radical (unpaired) electrons. The molecule has 20 heavy (non-hydrogen) atoms. The maximum Gasteiger partial charge on any atom is 0.410 e. The quantitative estimate of drug-likeness (QED) is 0.865. The third-order valence-corrected chi connectivity index (χ3v) is 4.74. The summed E-state index contributed by atoms with van der Waals surface area (Å²) in [5.74, 6) is 0. The van der Waals surface area contributed by atoms with Crippen molar-refractivity contribution in [2.75, 3.05) is 13.1 Å². The van der Waals surface area contributed by atoms with Crippen molar-refractivity contribution in [3.63, 3.8) is 0 Å². The number of thiophene rings is 1. The van der Waals surface area contributed by atoms with Gasteiger partial charge in [-0.15, -0.1) is 11.3 Å². The van der Waals surface area contributed by atoms with Crippen molar-refractivity contribution >= 4 is 17.4 Å². The summed E-state index contributed by atoms with van der Waals surface area (Å²) < 4.78 is 5.37. The highest BCUT2D eigenvalue weighted by molar-refractivity contribution is 7.10. The number of piperidine rings is 1. The summed E-state index contributed by atoms with van der Waals surface area (Å²) in [5, 5.41) is 12.8. The lowest BCUT2D eigenvalue weighted by Gasteiger charge is -2.38. The lowest BCUT2D eigenvalue weighted by Crippen LogP contribution is -2.46. The van der Waals surface area contributed by atoms with Gasteiger partial charge in [0.1, 0.15) is 11.2 Å². The topological polar surface area (TPSA) is 49.8 Å². The molecule has 1 fully saturated rings. The average molecular weight is 297 g/mol. The molecule has 112 valence electrons. The van der Waals surface area contributed by atoms with Gasteiger partial charge in [-0.1, -0.05) is 0 Å². The molecule has 0 unspecified atom stereocenters. The zero-order chi connectivity index (χ0) is 15.0. The first kappa shape index (κ1) is 15.3. The summed E-state index contributed by atoms with van der Waals surface area (Å²) in [7, 11) is 0. The maximum atomic E-state index is 12.0. The normalized spacial score (nSPS) is 18.9. The fraction of sp³-hybridized carbons (Fsp3) is 0.667. The van der Waals surface area contributed by atoms with E-state index in [1.807, 2.05) is 39.1 Å². The van der Waals surface area contributed by atoms with E-state index in [9.17, 15) is 9.90 Å². The Labute approximate surface area is 124 Å². The molecule has 2 rings (SSSR count). The van der Waals surface area contributed by atoms with E-state index in [0.717, 1.165) is 10.4 Å². The summed E-state index contributed by atoms with van der Waals surface area (Å²) >= 11 is 1.59. The molecule has 1 saturated heterocycles. The molecule has 1 aromatic heterocycles. The molecule has 1 amide bonds. The highest BCUT2D eigenvalue weighted by atomic mass is 32.1. The molecule has 0 aromatic carbocycles. The summed E-state index contributed by atoms with van der Waals surface area (Å²) in [6.07, 6.45) is 0.837. The van der Waals surface area contributed by atoms with Crippen LogP contribution in [0.15, 0.2) is 11.4 Å². The van der Waals surface area contributed by atoms with Gasteiger partial charge in [0.05, 0.1) is 0 Å². The van der Waals surface area contributed by atoms with Crippen LogP contribution in [0, 0.1) is 6.92 Å². The molecule has 4 nitrogen and oxygen atoms in total. The standard InChI is InChI=1S/C15H23NO3S/c1-11-5-10-20-12(11)15(18)6-8-16(9-7-15)13(17)19-14(2,3)4/h5,10,18H,6-9H2,1-4H3. The third kappa shape index (κ3) is 3.33. The predicted octanol–water partition coefficient (Wildman–Crippen LogP) is 3.28. The first-order valence-corrected chi connectivity index (χ1v) is 7.84. The minimum Gasteiger partial charge on any atom is -0.444 e. The molecule has 1 N–H and O–H groups in total. The maximum absolute atomic E-state index is 12.0. The highest BCUT2D eigenvalue weighted by Crippen LogP contribution is 2.37. The molecule has 5 heteroatoms. The summed E-state index contributed by atoms with van der Waals surface area (Å²) in [4.78, 5) is 14.7. The van der Waals surface area contributed by atoms with E-state index in [0.29, 0.717) is 25.9 Å². The number of hydrogen-bond donors (Lipinski definition) is 1. The van der Waals surface area contributed by atoms with Gasteiger partial charge >= 0.3 is 6.09 Å². The molecule has 1 aromatic rings. The molecular weight excluding hydrogens is 274 g/mol. The molecule has 0 spiro atoms. The van der Waals surface area contributed by atoms with Crippen LogP contribution >= 0.6 is 11.3 Å². The van der Waals surface area contributed by atoms with Crippen molar-refractivity contribution in [3.8, 4) is 0 Å². The molecule has 0 saturated carbocycles. The van der Waals surface area contributed by atoms with Crippen LogP contribution in [0.1, 0.15) is 44.1 Å². The van der Waals surface area contributed by atoms with Crippen LogP contribution in [0.5, 0.6) is 0 Å². The minimum atomic E-state index is -0.795. The predicted molar refractivity (Wildman–Crippen MR) is 80.0 cm³/mol. The van der Waals surface area contributed by atoms with Gasteiger partial charge in [0.2, 0.25) is 0 Å². The van der Waals surface area contributed by atoms with Gasteiger partial charge in [-0.25, -0.2) is 4.79 Å². The van der Waals surface area contributed by atoms with Crippen molar-refractivity contribution in [1.29, 1.82) is 0 Å². The van der Waals surface area contributed by atoms with Gasteiger partial charge < -0.3 is 14.7 Å².